The summed E-state index contributed by atoms with van der Waals surface area (Å²) in [5, 5.41) is 10.5. The topological polar surface area (TPSA) is 50.4 Å². The van der Waals surface area contributed by atoms with Crippen molar-refractivity contribution in [1.29, 1.82) is 0 Å². The van der Waals surface area contributed by atoms with Gasteiger partial charge in [-0.3, -0.25) is 0 Å². The Morgan fingerprint density at radius 2 is 2.00 bits per heavy atom. The lowest BCUT2D eigenvalue weighted by atomic mass is 10.0. The number of para-hydroxylation sites is 1. The molecule has 3 aromatic rings. The number of rotatable bonds is 2. The van der Waals surface area contributed by atoms with E-state index in [4.69, 9.17) is 21.1 Å². The van der Waals surface area contributed by atoms with Crippen molar-refractivity contribution in [3.8, 4) is 11.3 Å². The van der Waals surface area contributed by atoms with Gasteiger partial charge in [0.25, 0.3) is 0 Å². The van der Waals surface area contributed by atoms with Gasteiger partial charge in [-0.15, -0.1) is 0 Å². The van der Waals surface area contributed by atoms with E-state index in [1.54, 1.807) is 18.2 Å². The highest BCUT2D eigenvalue weighted by Gasteiger charge is 2.12. The van der Waals surface area contributed by atoms with Gasteiger partial charge in [-0.05, 0) is 42.8 Å². The number of fused-ring (bicyclic) bond motifs is 1. The third kappa shape index (κ3) is 2.17. The molecule has 1 heterocycles. The van der Waals surface area contributed by atoms with Crippen LogP contribution < -0.4 is 0 Å². The van der Waals surface area contributed by atoms with Crippen LogP contribution in [-0.4, -0.2) is 11.1 Å². The highest BCUT2D eigenvalue weighted by atomic mass is 35.5. The number of hydrogen-bond donors (Lipinski definition) is 1. The molecule has 0 bridgehead atoms. The maximum atomic E-state index is 11.1. The maximum Gasteiger partial charge on any atom is 0.335 e. The molecule has 1 N–H and O–H groups in total. The normalized spacial score (nSPS) is 10.9. The maximum absolute atomic E-state index is 11.1. The first-order valence-corrected chi connectivity index (χ1v) is 6.46. The first-order valence-electron chi connectivity index (χ1n) is 6.08. The molecule has 2 aromatic carbocycles. The zero-order valence-electron chi connectivity index (χ0n) is 10.7. The molecule has 0 amide bonds. The fourth-order valence-electron chi connectivity index (χ4n) is 2.22. The third-order valence-electron chi connectivity index (χ3n) is 3.10. The first-order chi connectivity index (χ1) is 9.54. The Kier molecular flexibility index (Phi) is 2.99. The molecule has 0 saturated carbocycles. The molecule has 0 unspecified atom stereocenters. The number of carbonyl (C=O) groups is 1. The van der Waals surface area contributed by atoms with Gasteiger partial charge in [0.2, 0.25) is 0 Å². The van der Waals surface area contributed by atoms with E-state index in [0.29, 0.717) is 16.4 Å². The molecule has 0 fully saturated rings. The molecule has 4 heteroatoms. The van der Waals surface area contributed by atoms with Crippen LogP contribution in [0.4, 0.5) is 0 Å². The van der Waals surface area contributed by atoms with Crippen molar-refractivity contribution in [3.63, 3.8) is 0 Å². The molecular weight excluding hydrogens is 276 g/mol. The van der Waals surface area contributed by atoms with Crippen LogP contribution in [0.3, 0.4) is 0 Å². The molecule has 20 heavy (non-hydrogen) atoms. The van der Waals surface area contributed by atoms with Gasteiger partial charge in [0.15, 0.2) is 5.58 Å². The Hall–Kier alpha value is -2.26. The summed E-state index contributed by atoms with van der Waals surface area (Å²) in [5.74, 6) is -0.344. The van der Waals surface area contributed by atoms with Gasteiger partial charge in [-0.25, -0.2) is 4.79 Å². The zero-order chi connectivity index (χ0) is 14.3. The quantitative estimate of drug-likeness (QED) is 0.739. The summed E-state index contributed by atoms with van der Waals surface area (Å²) in [5.41, 5.74) is 2.45. The summed E-state index contributed by atoms with van der Waals surface area (Å²) < 4.78 is 5.75. The number of halogens is 1. The van der Waals surface area contributed by atoms with Gasteiger partial charge in [-0.2, -0.15) is 0 Å². The van der Waals surface area contributed by atoms with Gasteiger partial charge >= 0.3 is 5.97 Å². The van der Waals surface area contributed by atoms with Crippen molar-refractivity contribution < 1.29 is 14.3 Å². The van der Waals surface area contributed by atoms with Crippen LogP contribution in [0.5, 0.6) is 0 Å². The molecule has 3 rings (SSSR count). The number of carboxylic acids is 1. The van der Waals surface area contributed by atoms with Crippen LogP contribution in [-0.2, 0) is 0 Å². The predicted octanol–water partition coefficient (Wildman–Crippen LogP) is 4.76. The monoisotopic (exact) mass is 286 g/mol. The number of benzene rings is 2. The molecule has 3 nitrogen and oxygen atoms in total. The summed E-state index contributed by atoms with van der Waals surface area (Å²) >= 11 is 6.08. The van der Waals surface area contributed by atoms with Crippen LogP contribution in [0.25, 0.3) is 22.3 Å². The summed E-state index contributed by atoms with van der Waals surface area (Å²) in [7, 11) is 0. The van der Waals surface area contributed by atoms with E-state index in [0.717, 1.165) is 16.5 Å². The summed E-state index contributed by atoms with van der Waals surface area (Å²) in [6.45, 7) is 1.85. The number of aryl methyl sites for hydroxylation is 1. The molecule has 0 atom stereocenters. The van der Waals surface area contributed by atoms with Crippen LogP contribution in [0, 0.1) is 6.92 Å². The highest BCUT2D eigenvalue weighted by Crippen LogP contribution is 2.32. The molecular formula is C16H11ClO3. The average molecular weight is 287 g/mol. The molecule has 100 valence electrons. The van der Waals surface area contributed by atoms with Crippen molar-refractivity contribution in [1.82, 2.24) is 0 Å². The minimum absolute atomic E-state index is 0.242. The average Bonchev–Trinajstić information content (AvgIpc) is 2.83. The zero-order valence-corrected chi connectivity index (χ0v) is 11.4. The van der Waals surface area contributed by atoms with Gasteiger partial charge in [0.05, 0.1) is 10.6 Å². The second kappa shape index (κ2) is 4.69. The first kappa shape index (κ1) is 12.8. The Balaban J connectivity index is 2.20. The molecule has 0 aliphatic heterocycles. The Bertz CT molecular complexity index is 818. The van der Waals surface area contributed by atoms with E-state index in [1.807, 2.05) is 31.2 Å². The van der Waals surface area contributed by atoms with Gasteiger partial charge in [0.1, 0.15) is 5.76 Å². The van der Waals surface area contributed by atoms with Gasteiger partial charge < -0.3 is 9.52 Å². The Morgan fingerprint density at radius 1 is 1.20 bits per heavy atom. The number of hydrogen-bond acceptors (Lipinski definition) is 2. The predicted molar refractivity (Wildman–Crippen MR) is 78.4 cm³/mol. The lowest BCUT2D eigenvalue weighted by molar-refractivity contribution is 0.0697. The van der Waals surface area contributed by atoms with Gasteiger partial charge in [-0.1, -0.05) is 23.7 Å². The summed E-state index contributed by atoms with van der Waals surface area (Å²) in [4.78, 5) is 11.1. The van der Waals surface area contributed by atoms with Crippen molar-refractivity contribution in [2.75, 3.05) is 0 Å². The lowest BCUT2D eigenvalue weighted by Crippen LogP contribution is -1.97. The summed E-state index contributed by atoms with van der Waals surface area (Å²) in [6.07, 6.45) is 0. The van der Waals surface area contributed by atoms with Crippen molar-refractivity contribution in [2.45, 2.75) is 6.92 Å². The van der Waals surface area contributed by atoms with E-state index in [-0.39, 0.29) is 5.56 Å². The lowest BCUT2D eigenvalue weighted by Gasteiger charge is -2.02. The van der Waals surface area contributed by atoms with E-state index in [9.17, 15) is 4.79 Å². The van der Waals surface area contributed by atoms with Crippen LogP contribution in [0.2, 0.25) is 5.02 Å². The molecule has 0 saturated heterocycles. The molecule has 0 aliphatic carbocycles. The highest BCUT2D eigenvalue weighted by molar-refractivity contribution is 6.34. The summed E-state index contributed by atoms with van der Waals surface area (Å²) in [6, 6.07) is 12.5. The van der Waals surface area contributed by atoms with E-state index in [2.05, 4.69) is 0 Å². The number of carboxylic acid groups (broad SMARTS) is 1. The fraction of sp³-hybridized carbons (Fsp3) is 0.0625. The van der Waals surface area contributed by atoms with E-state index in [1.165, 1.54) is 0 Å². The minimum Gasteiger partial charge on any atom is -0.478 e. The van der Waals surface area contributed by atoms with Crippen LogP contribution in [0.1, 0.15) is 15.9 Å². The van der Waals surface area contributed by atoms with Crippen LogP contribution >= 0.6 is 11.6 Å². The minimum atomic E-state index is -0.955. The SMILES string of the molecule is Cc1cc(C(=O)O)cc(-c2cc3cccc(Cl)c3o2)c1. The second-order valence-corrected chi connectivity index (χ2v) is 5.07. The number of furan rings is 1. The standard InChI is InChI=1S/C16H11ClO3/c1-9-5-11(7-12(6-9)16(18)19)14-8-10-3-2-4-13(17)15(10)20-14/h2-8H,1H3,(H,18,19). The largest absolute Gasteiger partial charge is 0.478 e. The smallest absolute Gasteiger partial charge is 0.335 e. The molecule has 0 aliphatic rings. The van der Waals surface area contributed by atoms with E-state index < -0.39 is 5.97 Å². The van der Waals surface area contributed by atoms with Crippen LogP contribution in [0.15, 0.2) is 46.9 Å². The van der Waals surface area contributed by atoms with Crippen molar-refractivity contribution >= 4 is 28.5 Å². The second-order valence-electron chi connectivity index (χ2n) is 4.66. The third-order valence-corrected chi connectivity index (χ3v) is 3.40. The Labute approximate surface area is 120 Å². The molecule has 1 aromatic heterocycles. The van der Waals surface area contributed by atoms with Crippen molar-refractivity contribution in [2.24, 2.45) is 0 Å². The van der Waals surface area contributed by atoms with E-state index >= 15 is 0 Å². The molecule has 0 spiro atoms. The number of aromatic carboxylic acids is 1. The Morgan fingerprint density at radius 3 is 2.70 bits per heavy atom. The van der Waals surface area contributed by atoms with Crippen molar-refractivity contribution in [3.05, 3.63) is 58.6 Å². The van der Waals surface area contributed by atoms with Gasteiger partial charge in [0, 0.05) is 10.9 Å². The molecule has 0 radical (unpaired) electrons. The fourth-order valence-corrected chi connectivity index (χ4v) is 2.44.